The van der Waals surface area contributed by atoms with Crippen molar-refractivity contribution in [2.75, 3.05) is 18.4 Å². The maximum Gasteiger partial charge on any atom is 0.335 e. The van der Waals surface area contributed by atoms with Crippen LogP contribution in [-0.4, -0.2) is 30.1 Å². The predicted octanol–water partition coefficient (Wildman–Crippen LogP) is 2.76. The highest BCUT2D eigenvalue weighted by Crippen LogP contribution is 2.33. The van der Waals surface area contributed by atoms with Crippen LogP contribution in [0.3, 0.4) is 0 Å². The Balaban J connectivity index is 2.22. The number of hydrogen-bond acceptors (Lipinski definition) is 3. The summed E-state index contributed by atoms with van der Waals surface area (Å²) in [6.07, 6.45) is 2.49. The van der Waals surface area contributed by atoms with Gasteiger partial charge in [-0.25, -0.2) is 4.79 Å². The van der Waals surface area contributed by atoms with Crippen molar-refractivity contribution in [3.8, 4) is 0 Å². The topological polar surface area (TPSA) is 78.4 Å². The van der Waals surface area contributed by atoms with E-state index in [0.29, 0.717) is 17.3 Å². The zero-order valence-electron chi connectivity index (χ0n) is 11.9. The van der Waals surface area contributed by atoms with Crippen molar-refractivity contribution >= 4 is 29.2 Å². The van der Waals surface area contributed by atoms with Crippen LogP contribution in [-0.2, 0) is 4.79 Å². The number of aromatic carboxylic acids is 1. The van der Waals surface area contributed by atoms with Gasteiger partial charge in [0, 0.05) is 6.54 Å². The van der Waals surface area contributed by atoms with Gasteiger partial charge in [0.2, 0.25) is 5.91 Å². The second-order valence-electron chi connectivity index (χ2n) is 5.37. The van der Waals surface area contributed by atoms with Gasteiger partial charge < -0.3 is 15.7 Å². The second kappa shape index (κ2) is 6.45. The minimum Gasteiger partial charge on any atom is -0.478 e. The minimum atomic E-state index is -1.05. The summed E-state index contributed by atoms with van der Waals surface area (Å²) in [7, 11) is 0. The summed E-state index contributed by atoms with van der Waals surface area (Å²) in [5.41, 5.74) is -0.0113. The van der Waals surface area contributed by atoms with Crippen molar-refractivity contribution in [1.29, 1.82) is 0 Å². The molecule has 2 rings (SSSR count). The lowest BCUT2D eigenvalue weighted by atomic mass is 9.77. The van der Waals surface area contributed by atoms with Crippen LogP contribution in [0.25, 0.3) is 0 Å². The Morgan fingerprint density at radius 2 is 2.24 bits per heavy atom. The molecule has 6 heteroatoms. The second-order valence-corrected chi connectivity index (χ2v) is 5.78. The molecule has 0 spiro atoms. The highest BCUT2D eigenvalue weighted by atomic mass is 35.5. The predicted molar refractivity (Wildman–Crippen MR) is 81.9 cm³/mol. The first-order valence-corrected chi connectivity index (χ1v) is 7.41. The molecule has 1 unspecified atom stereocenters. The smallest absolute Gasteiger partial charge is 0.335 e. The molecule has 1 saturated heterocycles. The molecular weight excluding hydrogens is 292 g/mol. The molecule has 0 saturated carbocycles. The Morgan fingerprint density at radius 1 is 1.48 bits per heavy atom. The van der Waals surface area contributed by atoms with Gasteiger partial charge in [0.1, 0.15) is 0 Å². The van der Waals surface area contributed by atoms with E-state index in [0.717, 1.165) is 25.8 Å². The molecule has 0 bridgehead atoms. The fourth-order valence-electron chi connectivity index (χ4n) is 2.63. The summed E-state index contributed by atoms with van der Waals surface area (Å²) >= 11 is 6.05. The van der Waals surface area contributed by atoms with E-state index in [4.69, 9.17) is 16.7 Å². The van der Waals surface area contributed by atoms with E-state index >= 15 is 0 Å². The maximum absolute atomic E-state index is 12.6. The number of amides is 1. The normalized spacial score (nSPS) is 21.8. The van der Waals surface area contributed by atoms with Crippen LogP contribution in [0.5, 0.6) is 0 Å². The fourth-order valence-corrected chi connectivity index (χ4v) is 2.80. The molecular formula is C15H19ClN2O3. The summed E-state index contributed by atoms with van der Waals surface area (Å²) in [5, 5.41) is 15.4. The van der Waals surface area contributed by atoms with Gasteiger partial charge in [0.25, 0.3) is 0 Å². The monoisotopic (exact) mass is 310 g/mol. The Hall–Kier alpha value is -1.59. The standard InChI is InChI=1S/C15H19ClN2O3/c1-2-15(6-3-7-17-9-15)14(21)18-12-8-10(13(19)20)4-5-11(12)16/h4-5,8,17H,2-3,6-7,9H2,1H3,(H,18,21)(H,19,20). The molecule has 1 aliphatic rings. The van der Waals surface area contributed by atoms with E-state index in [9.17, 15) is 9.59 Å². The number of halogens is 1. The summed E-state index contributed by atoms with van der Waals surface area (Å²) < 4.78 is 0. The third-order valence-corrected chi connectivity index (χ3v) is 4.42. The lowest BCUT2D eigenvalue weighted by molar-refractivity contribution is -0.126. The van der Waals surface area contributed by atoms with Crippen LogP contribution >= 0.6 is 11.6 Å². The Labute approximate surface area is 128 Å². The molecule has 1 aromatic rings. The van der Waals surface area contributed by atoms with E-state index in [-0.39, 0.29) is 11.5 Å². The number of piperidine rings is 1. The molecule has 0 aliphatic carbocycles. The first-order chi connectivity index (χ1) is 9.98. The van der Waals surface area contributed by atoms with Crippen molar-refractivity contribution in [2.45, 2.75) is 26.2 Å². The van der Waals surface area contributed by atoms with E-state index in [1.807, 2.05) is 6.92 Å². The molecule has 1 aliphatic heterocycles. The van der Waals surface area contributed by atoms with Crippen molar-refractivity contribution in [3.63, 3.8) is 0 Å². The van der Waals surface area contributed by atoms with Crippen LogP contribution in [0.15, 0.2) is 18.2 Å². The van der Waals surface area contributed by atoms with Crippen LogP contribution in [0.2, 0.25) is 5.02 Å². The first kappa shape index (κ1) is 15.8. The van der Waals surface area contributed by atoms with Crippen LogP contribution in [0.4, 0.5) is 5.69 Å². The van der Waals surface area contributed by atoms with E-state index in [2.05, 4.69) is 10.6 Å². The number of carboxylic acids is 1. The SMILES string of the molecule is CCC1(C(=O)Nc2cc(C(=O)O)ccc2Cl)CCCNC1. The quantitative estimate of drug-likeness (QED) is 0.799. The molecule has 1 aromatic carbocycles. The van der Waals surface area contributed by atoms with Gasteiger partial charge in [-0.15, -0.1) is 0 Å². The number of carbonyl (C=O) groups is 2. The van der Waals surface area contributed by atoms with Gasteiger partial charge in [0.15, 0.2) is 0 Å². The molecule has 1 fully saturated rings. The summed E-state index contributed by atoms with van der Waals surface area (Å²) in [4.78, 5) is 23.6. The van der Waals surface area contributed by atoms with Gasteiger partial charge in [0.05, 0.1) is 21.7 Å². The molecule has 1 heterocycles. The van der Waals surface area contributed by atoms with Gasteiger partial charge in [-0.3, -0.25) is 4.79 Å². The molecule has 0 radical (unpaired) electrons. The van der Waals surface area contributed by atoms with E-state index in [1.165, 1.54) is 18.2 Å². The number of carboxylic acid groups (broad SMARTS) is 1. The molecule has 0 aromatic heterocycles. The highest BCUT2D eigenvalue weighted by molar-refractivity contribution is 6.34. The van der Waals surface area contributed by atoms with Gasteiger partial charge >= 0.3 is 5.97 Å². The zero-order valence-corrected chi connectivity index (χ0v) is 12.7. The summed E-state index contributed by atoms with van der Waals surface area (Å²) in [6.45, 7) is 3.54. The number of anilines is 1. The molecule has 114 valence electrons. The minimum absolute atomic E-state index is 0.0991. The van der Waals surface area contributed by atoms with Crippen molar-refractivity contribution in [3.05, 3.63) is 28.8 Å². The Kier molecular flexibility index (Phi) is 4.85. The maximum atomic E-state index is 12.6. The highest BCUT2D eigenvalue weighted by Gasteiger charge is 2.38. The van der Waals surface area contributed by atoms with Crippen molar-refractivity contribution in [2.24, 2.45) is 5.41 Å². The van der Waals surface area contributed by atoms with Gasteiger partial charge in [-0.1, -0.05) is 18.5 Å². The lowest BCUT2D eigenvalue weighted by Crippen LogP contribution is -2.47. The van der Waals surface area contributed by atoms with Gasteiger partial charge in [-0.05, 0) is 44.0 Å². The number of benzene rings is 1. The summed E-state index contributed by atoms with van der Waals surface area (Å²) in [6, 6.07) is 4.29. The van der Waals surface area contributed by atoms with Crippen LogP contribution in [0.1, 0.15) is 36.5 Å². The Morgan fingerprint density at radius 3 is 2.81 bits per heavy atom. The zero-order chi connectivity index (χ0) is 15.5. The lowest BCUT2D eigenvalue weighted by Gasteiger charge is -2.35. The number of nitrogens with one attached hydrogen (secondary N) is 2. The molecule has 3 N–H and O–H groups in total. The molecule has 1 amide bonds. The van der Waals surface area contributed by atoms with Crippen LogP contribution in [0, 0.1) is 5.41 Å². The van der Waals surface area contributed by atoms with Gasteiger partial charge in [-0.2, -0.15) is 0 Å². The Bertz CT molecular complexity index is 554. The molecule has 21 heavy (non-hydrogen) atoms. The van der Waals surface area contributed by atoms with Crippen molar-refractivity contribution in [1.82, 2.24) is 5.32 Å². The van der Waals surface area contributed by atoms with E-state index in [1.54, 1.807) is 0 Å². The molecule has 1 atom stereocenters. The largest absolute Gasteiger partial charge is 0.478 e. The van der Waals surface area contributed by atoms with Crippen LogP contribution < -0.4 is 10.6 Å². The average molecular weight is 311 g/mol. The fraction of sp³-hybridized carbons (Fsp3) is 0.467. The van der Waals surface area contributed by atoms with E-state index < -0.39 is 11.4 Å². The molecule has 5 nitrogen and oxygen atoms in total. The van der Waals surface area contributed by atoms with Crippen molar-refractivity contribution < 1.29 is 14.7 Å². The number of hydrogen-bond donors (Lipinski definition) is 3. The number of rotatable bonds is 4. The third-order valence-electron chi connectivity index (χ3n) is 4.09. The summed E-state index contributed by atoms with van der Waals surface area (Å²) in [5.74, 6) is -1.16. The average Bonchev–Trinajstić information content (AvgIpc) is 2.49. The third kappa shape index (κ3) is 3.36. The number of carbonyl (C=O) groups excluding carboxylic acids is 1. The first-order valence-electron chi connectivity index (χ1n) is 7.03.